The first-order valence-corrected chi connectivity index (χ1v) is 4.39. The van der Waals surface area contributed by atoms with Crippen LogP contribution in [0.25, 0.3) is 0 Å². The van der Waals surface area contributed by atoms with E-state index in [1.165, 1.54) is 13.1 Å². The molecule has 3 saturated heterocycles. The number of benzene rings is 1. The van der Waals surface area contributed by atoms with Gasteiger partial charge >= 0.3 is 0 Å². The zero-order valence-electron chi connectivity index (χ0n) is 6.81. The van der Waals surface area contributed by atoms with Crippen molar-refractivity contribution < 1.29 is 4.74 Å². The van der Waals surface area contributed by atoms with E-state index >= 15 is 0 Å². The number of hydrogen-bond acceptors (Lipinski definition) is 2. The topological polar surface area (TPSA) is 12.5 Å². The molecule has 1 aromatic rings. The Morgan fingerprint density at radius 3 is 2.33 bits per heavy atom. The zero-order valence-corrected chi connectivity index (χ0v) is 6.81. The monoisotopic (exact) mass is 161 g/mol. The van der Waals surface area contributed by atoms with Gasteiger partial charge in [-0.1, -0.05) is 18.2 Å². The molecule has 0 saturated carbocycles. The fourth-order valence-electron chi connectivity index (χ4n) is 1.77. The summed E-state index contributed by atoms with van der Waals surface area (Å²) >= 11 is 0. The predicted molar refractivity (Wildman–Crippen MR) is 45.9 cm³/mol. The SMILES string of the molecule is c1ccc(OC2C3CN2C3)cc1. The van der Waals surface area contributed by atoms with Crippen molar-refractivity contribution in [2.24, 2.45) is 5.92 Å². The van der Waals surface area contributed by atoms with E-state index in [4.69, 9.17) is 4.74 Å². The molecule has 0 radical (unpaired) electrons. The van der Waals surface area contributed by atoms with E-state index < -0.39 is 0 Å². The van der Waals surface area contributed by atoms with Crippen molar-refractivity contribution in [1.29, 1.82) is 0 Å². The number of nitrogens with zero attached hydrogens (tertiary/aromatic N) is 1. The van der Waals surface area contributed by atoms with E-state index in [0.717, 1.165) is 11.7 Å². The number of ether oxygens (including phenoxy) is 1. The van der Waals surface area contributed by atoms with Crippen LogP contribution in [0.15, 0.2) is 30.3 Å². The second-order valence-corrected chi connectivity index (χ2v) is 3.54. The second kappa shape index (κ2) is 2.23. The Hall–Kier alpha value is -1.02. The standard InChI is InChI=1S/C10H11NO/c1-2-4-9(5-3-1)12-10-8-6-11(10)7-8/h1-5,8,10H,6-7H2. The molecule has 0 amide bonds. The fraction of sp³-hybridized carbons (Fsp3) is 0.400. The average molecular weight is 161 g/mol. The van der Waals surface area contributed by atoms with Gasteiger partial charge in [0.25, 0.3) is 0 Å². The molecular weight excluding hydrogens is 150 g/mol. The van der Waals surface area contributed by atoms with Gasteiger partial charge < -0.3 is 4.74 Å². The summed E-state index contributed by atoms with van der Waals surface area (Å²) in [4.78, 5) is 2.34. The molecule has 1 unspecified atom stereocenters. The van der Waals surface area contributed by atoms with Gasteiger partial charge in [-0.3, -0.25) is 4.90 Å². The van der Waals surface area contributed by atoms with Gasteiger partial charge in [0, 0.05) is 19.0 Å². The van der Waals surface area contributed by atoms with E-state index in [2.05, 4.69) is 4.90 Å². The summed E-state index contributed by atoms with van der Waals surface area (Å²) in [5.74, 6) is 1.81. The second-order valence-electron chi connectivity index (χ2n) is 3.54. The lowest BCUT2D eigenvalue weighted by Crippen LogP contribution is -2.74. The third kappa shape index (κ3) is 0.786. The first-order chi connectivity index (χ1) is 5.93. The Labute approximate surface area is 71.8 Å². The lowest BCUT2D eigenvalue weighted by Gasteiger charge is -2.59. The summed E-state index contributed by atoms with van der Waals surface area (Å²) in [6, 6.07) is 10.1. The fourth-order valence-corrected chi connectivity index (χ4v) is 1.77. The molecule has 2 nitrogen and oxygen atoms in total. The minimum absolute atomic E-state index is 0.396. The molecule has 3 aliphatic heterocycles. The summed E-state index contributed by atoms with van der Waals surface area (Å²) in [7, 11) is 0. The van der Waals surface area contributed by atoms with Gasteiger partial charge in [-0.2, -0.15) is 0 Å². The molecule has 0 N–H and O–H groups in total. The molecule has 2 heteroatoms. The molecule has 2 bridgehead atoms. The highest BCUT2D eigenvalue weighted by Gasteiger charge is 2.52. The molecular formula is C10H11NO. The Bertz CT molecular complexity index is 271. The van der Waals surface area contributed by atoms with Crippen LogP contribution in [0.3, 0.4) is 0 Å². The molecule has 12 heavy (non-hydrogen) atoms. The zero-order chi connectivity index (χ0) is 7.97. The Kier molecular flexibility index (Phi) is 1.21. The summed E-state index contributed by atoms with van der Waals surface area (Å²) in [6.07, 6.45) is 0.396. The van der Waals surface area contributed by atoms with E-state index in [1.807, 2.05) is 30.3 Å². The minimum atomic E-state index is 0.396. The summed E-state index contributed by atoms with van der Waals surface area (Å²) in [5, 5.41) is 0. The normalized spacial score (nSPS) is 36.5. The van der Waals surface area contributed by atoms with Crippen LogP contribution < -0.4 is 4.74 Å². The molecule has 1 atom stereocenters. The molecule has 62 valence electrons. The van der Waals surface area contributed by atoms with Crippen LogP contribution in [-0.2, 0) is 0 Å². The largest absolute Gasteiger partial charge is 0.475 e. The minimum Gasteiger partial charge on any atom is -0.475 e. The van der Waals surface area contributed by atoms with Crippen LogP contribution in [0.5, 0.6) is 5.75 Å². The van der Waals surface area contributed by atoms with Crippen LogP contribution in [-0.4, -0.2) is 24.2 Å². The van der Waals surface area contributed by atoms with Gasteiger partial charge in [0.15, 0.2) is 6.23 Å². The molecule has 3 heterocycles. The maximum absolute atomic E-state index is 5.74. The van der Waals surface area contributed by atoms with Crippen molar-refractivity contribution in [3.63, 3.8) is 0 Å². The van der Waals surface area contributed by atoms with Crippen molar-refractivity contribution in [2.45, 2.75) is 6.23 Å². The van der Waals surface area contributed by atoms with Gasteiger partial charge in [-0.15, -0.1) is 0 Å². The van der Waals surface area contributed by atoms with Crippen LogP contribution in [0, 0.1) is 5.92 Å². The molecule has 0 spiro atoms. The van der Waals surface area contributed by atoms with Gasteiger partial charge in [0.05, 0.1) is 0 Å². The molecule has 0 aromatic heterocycles. The average Bonchev–Trinajstić information content (AvgIpc) is 1.99. The predicted octanol–water partition coefficient (Wildman–Crippen LogP) is 1.34. The highest BCUT2D eigenvalue weighted by atomic mass is 16.5. The first-order valence-electron chi connectivity index (χ1n) is 4.39. The number of hydrogen-bond donors (Lipinski definition) is 0. The Balaban J connectivity index is 1.69. The van der Waals surface area contributed by atoms with Crippen LogP contribution >= 0.6 is 0 Å². The molecule has 0 aliphatic carbocycles. The van der Waals surface area contributed by atoms with Crippen molar-refractivity contribution >= 4 is 0 Å². The molecule has 3 aliphatic rings. The van der Waals surface area contributed by atoms with E-state index in [9.17, 15) is 0 Å². The van der Waals surface area contributed by atoms with Gasteiger partial charge in [0.2, 0.25) is 0 Å². The molecule has 4 rings (SSSR count). The van der Waals surface area contributed by atoms with Crippen LogP contribution in [0.1, 0.15) is 0 Å². The quantitative estimate of drug-likeness (QED) is 0.649. The lowest BCUT2D eigenvalue weighted by molar-refractivity contribution is -0.216. The van der Waals surface area contributed by atoms with Crippen molar-refractivity contribution in [1.82, 2.24) is 4.90 Å². The van der Waals surface area contributed by atoms with E-state index in [1.54, 1.807) is 0 Å². The maximum Gasteiger partial charge on any atom is 0.158 e. The third-order valence-electron chi connectivity index (χ3n) is 2.70. The summed E-state index contributed by atoms with van der Waals surface area (Å²) in [6.45, 7) is 2.50. The first kappa shape index (κ1) is 6.49. The van der Waals surface area contributed by atoms with Gasteiger partial charge in [-0.25, -0.2) is 0 Å². The highest BCUT2D eigenvalue weighted by Crippen LogP contribution is 2.38. The van der Waals surface area contributed by atoms with E-state index in [-0.39, 0.29) is 0 Å². The smallest absolute Gasteiger partial charge is 0.158 e. The van der Waals surface area contributed by atoms with Crippen molar-refractivity contribution in [3.8, 4) is 5.75 Å². The lowest BCUT2D eigenvalue weighted by atomic mass is 9.84. The van der Waals surface area contributed by atoms with Gasteiger partial charge in [0.1, 0.15) is 5.75 Å². The molecule has 3 fully saturated rings. The number of rotatable bonds is 2. The summed E-state index contributed by atoms with van der Waals surface area (Å²) < 4.78 is 5.74. The van der Waals surface area contributed by atoms with Crippen LogP contribution in [0.4, 0.5) is 0 Å². The van der Waals surface area contributed by atoms with E-state index in [0.29, 0.717) is 6.23 Å². The summed E-state index contributed by atoms with van der Waals surface area (Å²) in [5.41, 5.74) is 0. The van der Waals surface area contributed by atoms with Crippen molar-refractivity contribution in [2.75, 3.05) is 13.1 Å². The van der Waals surface area contributed by atoms with Gasteiger partial charge in [-0.05, 0) is 12.1 Å². The highest BCUT2D eigenvalue weighted by molar-refractivity contribution is 5.22. The maximum atomic E-state index is 5.74. The van der Waals surface area contributed by atoms with Crippen LogP contribution in [0.2, 0.25) is 0 Å². The Morgan fingerprint density at radius 1 is 1.17 bits per heavy atom. The third-order valence-corrected chi connectivity index (χ3v) is 2.70. The Morgan fingerprint density at radius 2 is 1.83 bits per heavy atom. The van der Waals surface area contributed by atoms with Crippen molar-refractivity contribution in [3.05, 3.63) is 30.3 Å². The molecule has 1 aromatic carbocycles. The number of para-hydroxylation sites is 1.